The molecule has 4 nitrogen and oxygen atoms in total. The number of hydrogen-bond donors (Lipinski definition) is 2. The molecule has 0 heterocycles. The number of aliphatic hydroxyl groups excluding tert-OH is 1. The summed E-state index contributed by atoms with van der Waals surface area (Å²) < 4.78 is 27.0. The predicted molar refractivity (Wildman–Crippen MR) is 74.8 cm³/mol. The Balaban J connectivity index is 2.03. The van der Waals surface area contributed by atoms with E-state index in [0.717, 1.165) is 12.1 Å². The van der Waals surface area contributed by atoms with Gasteiger partial charge in [-0.1, -0.05) is 6.07 Å². The van der Waals surface area contributed by atoms with Crippen LogP contribution in [-0.2, 0) is 0 Å². The second kappa shape index (κ2) is 6.78. The molecule has 0 aliphatic heterocycles. The van der Waals surface area contributed by atoms with E-state index in [0.29, 0.717) is 5.56 Å². The third-order valence-electron chi connectivity index (χ3n) is 3.07. The minimum absolute atomic E-state index is 0.278. The molecule has 0 radical (unpaired) electrons. The van der Waals surface area contributed by atoms with Crippen molar-refractivity contribution in [2.75, 3.05) is 6.54 Å². The normalized spacial score (nSPS) is 11.5. The van der Waals surface area contributed by atoms with Crippen LogP contribution in [0.15, 0.2) is 42.5 Å². The molecule has 1 amide bonds. The zero-order valence-electron chi connectivity index (χ0n) is 11.4. The van der Waals surface area contributed by atoms with E-state index in [1.165, 1.54) is 30.3 Å². The topological polar surface area (TPSA) is 73.1 Å². The molecule has 2 N–H and O–H groups in total. The first-order valence-electron chi connectivity index (χ1n) is 6.43. The van der Waals surface area contributed by atoms with Crippen molar-refractivity contribution in [3.8, 4) is 6.07 Å². The highest BCUT2D eigenvalue weighted by Crippen LogP contribution is 2.20. The summed E-state index contributed by atoms with van der Waals surface area (Å²) in [7, 11) is 0. The van der Waals surface area contributed by atoms with Crippen molar-refractivity contribution in [1.82, 2.24) is 5.32 Å². The van der Waals surface area contributed by atoms with E-state index in [1.807, 2.05) is 6.07 Å². The number of benzene rings is 2. The van der Waals surface area contributed by atoms with Gasteiger partial charge in [0.05, 0.1) is 17.2 Å². The van der Waals surface area contributed by atoms with Gasteiger partial charge in [0.1, 0.15) is 17.7 Å². The van der Waals surface area contributed by atoms with Crippen LogP contribution in [0.3, 0.4) is 0 Å². The molecule has 112 valence electrons. The number of aliphatic hydroxyl groups is 1. The van der Waals surface area contributed by atoms with Crippen LogP contribution < -0.4 is 5.32 Å². The van der Waals surface area contributed by atoms with E-state index in [9.17, 15) is 18.7 Å². The summed E-state index contributed by atoms with van der Waals surface area (Å²) in [6.07, 6.45) is -1.50. The van der Waals surface area contributed by atoms with Gasteiger partial charge in [0.25, 0.3) is 5.91 Å². The Morgan fingerprint density at radius 1 is 1.18 bits per heavy atom. The second-order valence-electron chi connectivity index (χ2n) is 4.55. The molecule has 0 bridgehead atoms. The second-order valence-corrected chi connectivity index (χ2v) is 4.55. The minimum Gasteiger partial charge on any atom is -0.386 e. The minimum atomic E-state index is -1.50. The van der Waals surface area contributed by atoms with Gasteiger partial charge in [-0.2, -0.15) is 5.26 Å². The molecule has 1 atom stereocenters. The molecule has 2 aromatic carbocycles. The van der Waals surface area contributed by atoms with Crippen LogP contribution in [0.1, 0.15) is 27.6 Å². The third-order valence-corrected chi connectivity index (χ3v) is 3.07. The summed E-state index contributed by atoms with van der Waals surface area (Å²) in [5.41, 5.74) is 0.202. The van der Waals surface area contributed by atoms with E-state index in [4.69, 9.17) is 5.26 Å². The molecule has 0 fully saturated rings. The van der Waals surface area contributed by atoms with Crippen molar-refractivity contribution in [2.24, 2.45) is 0 Å². The van der Waals surface area contributed by atoms with Crippen molar-refractivity contribution in [2.45, 2.75) is 6.10 Å². The molecule has 22 heavy (non-hydrogen) atoms. The molecular weight excluding hydrogens is 290 g/mol. The Bertz CT molecular complexity index is 704. The van der Waals surface area contributed by atoms with Gasteiger partial charge in [-0.05, 0) is 36.4 Å². The van der Waals surface area contributed by atoms with Gasteiger partial charge < -0.3 is 10.4 Å². The maximum Gasteiger partial charge on any atom is 0.251 e. The van der Waals surface area contributed by atoms with E-state index in [1.54, 1.807) is 0 Å². The van der Waals surface area contributed by atoms with E-state index >= 15 is 0 Å². The van der Waals surface area contributed by atoms with Crippen LogP contribution in [0, 0.1) is 23.0 Å². The van der Waals surface area contributed by atoms with Crippen molar-refractivity contribution >= 4 is 5.91 Å². The summed E-state index contributed by atoms with van der Waals surface area (Å²) in [4.78, 5) is 11.9. The van der Waals surface area contributed by atoms with Crippen molar-refractivity contribution in [3.05, 3.63) is 70.8 Å². The SMILES string of the molecule is N#Cc1ccc(C(=O)NCC(O)c2c(F)cccc2F)cc1. The van der Waals surface area contributed by atoms with Crippen LogP contribution in [0.2, 0.25) is 0 Å². The highest BCUT2D eigenvalue weighted by atomic mass is 19.1. The molecule has 0 aromatic heterocycles. The fraction of sp³-hybridized carbons (Fsp3) is 0.125. The van der Waals surface area contributed by atoms with Gasteiger partial charge >= 0.3 is 0 Å². The van der Waals surface area contributed by atoms with E-state index in [2.05, 4.69) is 5.32 Å². The van der Waals surface area contributed by atoms with Gasteiger partial charge in [0.2, 0.25) is 0 Å². The highest BCUT2D eigenvalue weighted by molar-refractivity contribution is 5.94. The number of carbonyl (C=O) groups excluding carboxylic acids is 1. The fourth-order valence-electron chi connectivity index (χ4n) is 1.92. The third kappa shape index (κ3) is 3.45. The van der Waals surface area contributed by atoms with E-state index < -0.39 is 29.2 Å². The Hall–Kier alpha value is -2.78. The molecular formula is C16H12F2N2O2. The Morgan fingerprint density at radius 3 is 2.32 bits per heavy atom. The van der Waals surface area contributed by atoms with Gasteiger partial charge in [-0.25, -0.2) is 8.78 Å². The fourth-order valence-corrected chi connectivity index (χ4v) is 1.92. The maximum atomic E-state index is 13.5. The van der Waals surface area contributed by atoms with Crippen LogP contribution in [0.5, 0.6) is 0 Å². The number of halogens is 2. The zero-order chi connectivity index (χ0) is 16.1. The predicted octanol–water partition coefficient (Wildman–Crippen LogP) is 2.30. The van der Waals surface area contributed by atoms with Gasteiger partial charge in [-0.15, -0.1) is 0 Å². The van der Waals surface area contributed by atoms with Crippen LogP contribution in [0.25, 0.3) is 0 Å². The molecule has 2 aromatic rings. The number of rotatable bonds is 4. The lowest BCUT2D eigenvalue weighted by Crippen LogP contribution is -2.29. The Labute approximate surface area is 125 Å². The summed E-state index contributed by atoms with van der Waals surface area (Å²) >= 11 is 0. The molecule has 2 rings (SSSR count). The van der Waals surface area contributed by atoms with Crippen LogP contribution >= 0.6 is 0 Å². The first-order chi connectivity index (χ1) is 10.5. The largest absolute Gasteiger partial charge is 0.386 e. The summed E-state index contributed by atoms with van der Waals surface area (Å²) in [5.74, 6) is -2.26. The highest BCUT2D eigenvalue weighted by Gasteiger charge is 2.18. The number of amides is 1. The molecule has 0 aliphatic rings. The van der Waals surface area contributed by atoms with Crippen LogP contribution in [0.4, 0.5) is 8.78 Å². The average molecular weight is 302 g/mol. The summed E-state index contributed by atoms with van der Waals surface area (Å²) in [5, 5.41) is 20.9. The van der Waals surface area contributed by atoms with Gasteiger partial charge in [0, 0.05) is 12.1 Å². The van der Waals surface area contributed by atoms with Crippen molar-refractivity contribution in [1.29, 1.82) is 5.26 Å². The standard InChI is InChI=1S/C16H12F2N2O2/c17-12-2-1-3-13(18)15(12)14(21)9-20-16(22)11-6-4-10(8-19)5-7-11/h1-7,14,21H,9H2,(H,20,22). The maximum absolute atomic E-state index is 13.5. The lowest BCUT2D eigenvalue weighted by Gasteiger charge is -2.14. The Kier molecular flexibility index (Phi) is 4.81. The molecule has 1 unspecified atom stereocenters. The Morgan fingerprint density at radius 2 is 1.77 bits per heavy atom. The molecule has 0 aliphatic carbocycles. The number of nitriles is 1. The quantitative estimate of drug-likeness (QED) is 0.910. The van der Waals surface area contributed by atoms with Gasteiger partial charge in [0.15, 0.2) is 0 Å². The lowest BCUT2D eigenvalue weighted by molar-refractivity contribution is 0.0911. The lowest BCUT2D eigenvalue weighted by atomic mass is 10.1. The number of nitrogens with zero attached hydrogens (tertiary/aromatic N) is 1. The smallest absolute Gasteiger partial charge is 0.251 e. The van der Waals surface area contributed by atoms with Crippen molar-refractivity contribution in [3.63, 3.8) is 0 Å². The van der Waals surface area contributed by atoms with Gasteiger partial charge in [-0.3, -0.25) is 4.79 Å². The molecule has 0 saturated heterocycles. The first-order valence-corrected chi connectivity index (χ1v) is 6.43. The molecule has 0 spiro atoms. The summed E-state index contributed by atoms with van der Waals surface area (Å²) in [6.45, 7) is -0.337. The monoisotopic (exact) mass is 302 g/mol. The molecule has 0 saturated carbocycles. The first kappa shape index (κ1) is 15.6. The number of carbonyl (C=O) groups is 1. The number of hydrogen-bond acceptors (Lipinski definition) is 3. The van der Waals surface area contributed by atoms with E-state index in [-0.39, 0.29) is 12.1 Å². The number of nitrogens with one attached hydrogen (secondary N) is 1. The molecule has 6 heteroatoms. The zero-order valence-corrected chi connectivity index (χ0v) is 11.4. The summed E-state index contributed by atoms with van der Waals surface area (Å²) in [6, 6.07) is 11.0. The van der Waals surface area contributed by atoms with Crippen molar-refractivity contribution < 1.29 is 18.7 Å². The van der Waals surface area contributed by atoms with Crippen LogP contribution in [-0.4, -0.2) is 17.6 Å². The average Bonchev–Trinajstić information content (AvgIpc) is 2.52.